The molecule has 148 valence electrons. The average molecular weight is 395 g/mol. The van der Waals surface area contributed by atoms with Gasteiger partial charge in [-0.15, -0.1) is 10.2 Å². The lowest BCUT2D eigenvalue weighted by Crippen LogP contribution is -2.34. The molecule has 0 spiro atoms. The van der Waals surface area contributed by atoms with Crippen LogP contribution in [0.25, 0.3) is 0 Å². The van der Waals surface area contributed by atoms with Crippen molar-refractivity contribution in [1.82, 2.24) is 20.1 Å². The van der Waals surface area contributed by atoms with Crippen molar-refractivity contribution in [3.05, 3.63) is 76.0 Å². The van der Waals surface area contributed by atoms with Crippen molar-refractivity contribution in [1.29, 1.82) is 0 Å². The summed E-state index contributed by atoms with van der Waals surface area (Å²) in [6.07, 6.45) is 0. The van der Waals surface area contributed by atoms with Gasteiger partial charge in [0.1, 0.15) is 11.6 Å². The Morgan fingerprint density at radius 3 is 2.52 bits per heavy atom. The summed E-state index contributed by atoms with van der Waals surface area (Å²) in [6, 6.07) is 13.1. The molecular formula is C20H18FN5O3. The minimum absolute atomic E-state index is 0.153. The van der Waals surface area contributed by atoms with E-state index in [9.17, 15) is 14.0 Å². The number of halogens is 1. The number of ether oxygens (including phenoxy) is 1. The van der Waals surface area contributed by atoms with Gasteiger partial charge in [0.25, 0.3) is 11.5 Å². The molecule has 0 unspecified atom stereocenters. The summed E-state index contributed by atoms with van der Waals surface area (Å²) in [6.45, 7) is 1.09. The number of nitrogens with zero attached hydrogens (tertiary/aromatic N) is 4. The van der Waals surface area contributed by atoms with Crippen LogP contribution in [0.15, 0.2) is 53.3 Å². The summed E-state index contributed by atoms with van der Waals surface area (Å²) in [5.41, 5.74) is 0.786. The molecule has 3 aromatic rings. The van der Waals surface area contributed by atoms with Gasteiger partial charge >= 0.3 is 0 Å². The van der Waals surface area contributed by atoms with Crippen molar-refractivity contribution in [3.8, 4) is 5.75 Å². The zero-order chi connectivity index (χ0) is 20.4. The van der Waals surface area contributed by atoms with Crippen LogP contribution in [0.4, 0.5) is 16.0 Å². The Morgan fingerprint density at radius 2 is 1.83 bits per heavy atom. The van der Waals surface area contributed by atoms with E-state index in [1.165, 1.54) is 16.7 Å². The topological polar surface area (TPSA) is 89.3 Å². The Kier molecular flexibility index (Phi) is 4.94. The van der Waals surface area contributed by atoms with Crippen LogP contribution < -0.4 is 20.5 Å². The number of benzene rings is 2. The van der Waals surface area contributed by atoms with E-state index in [1.807, 2.05) is 29.2 Å². The summed E-state index contributed by atoms with van der Waals surface area (Å²) in [7, 11) is 1.59. The predicted molar refractivity (Wildman–Crippen MR) is 104 cm³/mol. The molecule has 0 atom stereocenters. The molecule has 1 aliphatic heterocycles. The zero-order valence-corrected chi connectivity index (χ0v) is 15.6. The number of hydrogen-bond donors (Lipinski definition) is 1. The fourth-order valence-corrected chi connectivity index (χ4v) is 3.13. The third-order valence-corrected chi connectivity index (χ3v) is 4.68. The van der Waals surface area contributed by atoms with Gasteiger partial charge in [0, 0.05) is 25.3 Å². The second-order valence-corrected chi connectivity index (χ2v) is 6.46. The first-order valence-corrected chi connectivity index (χ1v) is 8.98. The van der Waals surface area contributed by atoms with Gasteiger partial charge in [-0.1, -0.05) is 12.1 Å². The highest BCUT2D eigenvalue weighted by Gasteiger charge is 2.27. The van der Waals surface area contributed by atoms with E-state index in [-0.39, 0.29) is 18.1 Å². The summed E-state index contributed by atoms with van der Waals surface area (Å²) < 4.78 is 19.6. The van der Waals surface area contributed by atoms with Crippen molar-refractivity contribution in [2.24, 2.45) is 0 Å². The number of anilines is 2. The quantitative estimate of drug-likeness (QED) is 0.710. The molecule has 0 saturated carbocycles. The van der Waals surface area contributed by atoms with Crippen LogP contribution in [0, 0.1) is 5.82 Å². The number of amides is 1. The van der Waals surface area contributed by atoms with Crippen molar-refractivity contribution < 1.29 is 13.9 Å². The van der Waals surface area contributed by atoms with E-state index >= 15 is 0 Å². The molecule has 1 aromatic heterocycles. The standard InChI is InChI=1S/C20H18FN5O3/c1-29-16-8-6-15(7-9-16)25-10-11-26-19(28)17(23-24-20(25)26)18(27)22-12-13-2-4-14(21)5-3-13/h2-9H,10-12H2,1H3,(H,22,27). The molecule has 0 radical (unpaired) electrons. The SMILES string of the molecule is COc1ccc(N2CCn3c2nnc(C(=O)NCc2ccc(F)cc2)c3=O)cc1. The van der Waals surface area contributed by atoms with Crippen LogP contribution in [0.1, 0.15) is 16.1 Å². The van der Waals surface area contributed by atoms with Crippen LogP contribution in [0.3, 0.4) is 0 Å². The number of aromatic nitrogens is 3. The maximum absolute atomic E-state index is 13.0. The number of hydrogen-bond acceptors (Lipinski definition) is 6. The fourth-order valence-electron chi connectivity index (χ4n) is 3.13. The van der Waals surface area contributed by atoms with Gasteiger partial charge in [0.15, 0.2) is 0 Å². The van der Waals surface area contributed by atoms with E-state index in [0.29, 0.717) is 24.6 Å². The Balaban J connectivity index is 1.53. The van der Waals surface area contributed by atoms with Crippen LogP contribution in [0.2, 0.25) is 0 Å². The first-order valence-electron chi connectivity index (χ1n) is 8.98. The lowest BCUT2D eigenvalue weighted by atomic mass is 10.2. The van der Waals surface area contributed by atoms with Gasteiger partial charge in [0.2, 0.25) is 11.6 Å². The molecular weight excluding hydrogens is 377 g/mol. The maximum Gasteiger partial charge on any atom is 0.286 e. The number of rotatable bonds is 5. The first-order chi connectivity index (χ1) is 14.1. The Morgan fingerprint density at radius 1 is 1.10 bits per heavy atom. The predicted octanol–water partition coefficient (Wildman–Crippen LogP) is 1.87. The molecule has 4 rings (SSSR count). The zero-order valence-electron chi connectivity index (χ0n) is 15.6. The molecule has 0 aliphatic carbocycles. The lowest BCUT2D eigenvalue weighted by molar-refractivity contribution is 0.0942. The largest absolute Gasteiger partial charge is 0.497 e. The second kappa shape index (κ2) is 7.70. The average Bonchev–Trinajstić information content (AvgIpc) is 3.18. The minimum atomic E-state index is -0.620. The molecule has 8 nitrogen and oxygen atoms in total. The second-order valence-electron chi connectivity index (χ2n) is 6.46. The highest BCUT2D eigenvalue weighted by molar-refractivity contribution is 5.91. The molecule has 0 saturated heterocycles. The molecule has 2 aromatic carbocycles. The number of carbonyl (C=O) groups excluding carboxylic acids is 1. The van der Waals surface area contributed by atoms with Crippen molar-refractivity contribution in [2.45, 2.75) is 13.1 Å². The number of fused-ring (bicyclic) bond motifs is 1. The van der Waals surface area contributed by atoms with Crippen molar-refractivity contribution >= 4 is 17.5 Å². The summed E-state index contributed by atoms with van der Waals surface area (Å²) in [5, 5.41) is 10.6. The lowest BCUT2D eigenvalue weighted by Gasteiger charge is -2.17. The van der Waals surface area contributed by atoms with Crippen LogP contribution in [0.5, 0.6) is 5.75 Å². The normalized spacial score (nSPS) is 12.6. The Bertz CT molecular complexity index is 1100. The molecule has 9 heteroatoms. The van der Waals surface area contributed by atoms with Gasteiger partial charge < -0.3 is 15.0 Å². The summed E-state index contributed by atoms with van der Waals surface area (Å²) in [5.74, 6) is 0.133. The highest BCUT2D eigenvalue weighted by atomic mass is 19.1. The molecule has 1 aliphatic rings. The maximum atomic E-state index is 13.0. The van der Waals surface area contributed by atoms with E-state index in [0.717, 1.165) is 11.4 Å². The van der Waals surface area contributed by atoms with Crippen molar-refractivity contribution in [3.63, 3.8) is 0 Å². The first kappa shape index (κ1) is 18.6. The van der Waals surface area contributed by atoms with Gasteiger partial charge in [-0.3, -0.25) is 14.2 Å². The third-order valence-electron chi connectivity index (χ3n) is 4.68. The van der Waals surface area contributed by atoms with E-state index < -0.39 is 11.5 Å². The molecule has 2 heterocycles. The molecule has 0 bridgehead atoms. The molecule has 0 fully saturated rings. The molecule has 1 amide bonds. The Labute approximate surface area is 165 Å². The number of methoxy groups -OCH3 is 1. The van der Waals surface area contributed by atoms with Gasteiger partial charge in [-0.2, -0.15) is 0 Å². The van der Waals surface area contributed by atoms with Crippen molar-refractivity contribution in [2.75, 3.05) is 18.6 Å². The van der Waals surface area contributed by atoms with Crippen LogP contribution >= 0.6 is 0 Å². The van der Waals surface area contributed by atoms with Gasteiger partial charge in [0.05, 0.1) is 7.11 Å². The van der Waals surface area contributed by atoms with Gasteiger partial charge in [-0.05, 0) is 42.0 Å². The van der Waals surface area contributed by atoms with Crippen LogP contribution in [-0.2, 0) is 13.1 Å². The van der Waals surface area contributed by atoms with E-state index in [2.05, 4.69) is 15.5 Å². The van der Waals surface area contributed by atoms with Gasteiger partial charge in [-0.25, -0.2) is 4.39 Å². The molecule has 29 heavy (non-hydrogen) atoms. The highest BCUT2D eigenvalue weighted by Crippen LogP contribution is 2.28. The fraction of sp³-hybridized carbons (Fsp3) is 0.200. The Hall–Kier alpha value is -3.75. The summed E-state index contributed by atoms with van der Waals surface area (Å²) in [4.78, 5) is 27.0. The number of nitrogens with one attached hydrogen (secondary N) is 1. The van der Waals surface area contributed by atoms with E-state index in [4.69, 9.17) is 4.74 Å². The minimum Gasteiger partial charge on any atom is -0.497 e. The third kappa shape index (κ3) is 3.66. The van der Waals surface area contributed by atoms with Crippen LogP contribution in [-0.4, -0.2) is 34.3 Å². The number of carbonyl (C=O) groups is 1. The monoisotopic (exact) mass is 395 g/mol. The van der Waals surface area contributed by atoms with E-state index in [1.54, 1.807) is 19.2 Å². The smallest absolute Gasteiger partial charge is 0.286 e. The summed E-state index contributed by atoms with van der Waals surface area (Å²) >= 11 is 0. The molecule has 1 N–H and O–H groups in total.